The maximum atomic E-state index is 11.5. The number of hydrogen-bond donors (Lipinski definition) is 2. The van der Waals surface area contributed by atoms with Gasteiger partial charge in [-0.05, 0) is 31.0 Å². The van der Waals surface area contributed by atoms with Crippen LogP contribution in [0.15, 0.2) is 18.2 Å². The van der Waals surface area contributed by atoms with Crippen molar-refractivity contribution in [3.63, 3.8) is 0 Å². The molecule has 1 aliphatic heterocycles. The van der Waals surface area contributed by atoms with Crippen LogP contribution in [0.1, 0.15) is 12.0 Å². The molecular formula is C11H13NO3. The van der Waals surface area contributed by atoms with E-state index in [0.29, 0.717) is 25.1 Å². The minimum atomic E-state index is -0.251. The molecule has 1 heterocycles. The minimum Gasteiger partial charge on any atom is -0.508 e. The molecule has 0 aromatic heterocycles. The van der Waals surface area contributed by atoms with E-state index in [0.717, 1.165) is 5.56 Å². The standard InChI is InChI=1S/C11H13NO3/c12-4-3-8-5-7-1-2-9(13)6-10(7)15-11(8)14/h1-2,6,8,13H,3-5,12H2. The number of fused-ring (bicyclic) bond motifs is 1. The molecule has 15 heavy (non-hydrogen) atoms. The highest BCUT2D eigenvalue weighted by molar-refractivity contribution is 5.78. The fourth-order valence-electron chi connectivity index (χ4n) is 1.77. The molecule has 0 radical (unpaired) electrons. The Morgan fingerprint density at radius 1 is 1.53 bits per heavy atom. The Bertz CT molecular complexity index is 389. The van der Waals surface area contributed by atoms with Crippen molar-refractivity contribution in [2.45, 2.75) is 12.8 Å². The number of carbonyl (C=O) groups excluding carboxylic acids is 1. The quantitative estimate of drug-likeness (QED) is 0.556. The normalized spacial score (nSPS) is 19.5. The van der Waals surface area contributed by atoms with Crippen LogP contribution in [0.25, 0.3) is 0 Å². The molecule has 2 rings (SSSR count). The molecule has 4 heteroatoms. The Balaban J connectivity index is 2.26. The zero-order valence-electron chi connectivity index (χ0n) is 8.27. The van der Waals surface area contributed by atoms with Gasteiger partial charge in [0.25, 0.3) is 0 Å². The molecule has 1 aromatic rings. The minimum absolute atomic E-state index is 0.110. The first-order chi connectivity index (χ1) is 7.20. The average Bonchev–Trinajstić information content (AvgIpc) is 2.20. The van der Waals surface area contributed by atoms with E-state index >= 15 is 0 Å². The van der Waals surface area contributed by atoms with Gasteiger partial charge in [-0.2, -0.15) is 0 Å². The second-order valence-corrected chi connectivity index (χ2v) is 3.69. The monoisotopic (exact) mass is 207 g/mol. The van der Waals surface area contributed by atoms with Crippen molar-refractivity contribution in [3.8, 4) is 11.5 Å². The first kappa shape index (κ1) is 9.98. The average molecular weight is 207 g/mol. The van der Waals surface area contributed by atoms with Crippen molar-refractivity contribution in [2.75, 3.05) is 6.54 Å². The van der Waals surface area contributed by atoms with Crippen LogP contribution >= 0.6 is 0 Å². The largest absolute Gasteiger partial charge is 0.508 e. The number of phenolic OH excluding ortho intramolecular Hbond substituents is 1. The number of ether oxygens (including phenoxy) is 1. The number of aromatic hydroxyl groups is 1. The summed E-state index contributed by atoms with van der Waals surface area (Å²) in [5, 5.41) is 9.23. The summed E-state index contributed by atoms with van der Waals surface area (Å²) in [7, 11) is 0. The number of phenols is 1. The number of hydrogen-bond acceptors (Lipinski definition) is 4. The molecule has 1 aliphatic rings. The third-order valence-corrected chi connectivity index (χ3v) is 2.58. The molecule has 0 saturated carbocycles. The zero-order valence-corrected chi connectivity index (χ0v) is 8.27. The van der Waals surface area contributed by atoms with E-state index in [9.17, 15) is 9.90 Å². The molecule has 0 bridgehead atoms. The fraction of sp³-hybridized carbons (Fsp3) is 0.364. The maximum absolute atomic E-state index is 11.5. The van der Waals surface area contributed by atoms with E-state index < -0.39 is 0 Å². The summed E-state index contributed by atoms with van der Waals surface area (Å²) >= 11 is 0. The van der Waals surface area contributed by atoms with Gasteiger partial charge in [-0.15, -0.1) is 0 Å². The predicted octanol–water partition coefficient (Wildman–Crippen LogP) is 0.819. The second-order valence-electron chi connectivity index (χ2n) is 3.69. The van der Waals surface area contributed by atoms with E-state index in [1.807, 2.05) is 0 Å². The molecule has 1 atom stereocenters. The molecule has 0 aliphatic carbocycles. The molecule has 80 valence electrons. The lowest BCUT2D eigenvalue weighted by Crippen LogP contribution is -2.29. The Morgan fingerprint density at radius 3 is 3.07 bits per heavy atom. The highest BCUT2D eigenvalue weighted by atomic mass is 16.5. The van der Waals surface area contributed by atoms with Gasteiger partial charge in [0.1, 0.15) is 11.5 Å². The number of nitrogens with two attached hydrogens (primary N) is 1. The van der Waals surface area contributed by atoms with Gasteiger partial charge in [0.2, 0.25) is 0 Å². The maximum Gasteiger partial charge on any atom is 0.314 e. The van der Waals surface area contributed by atoms with E-state index in [4.69, 9.17) is 10.5 Å². The lowest BCUT2D eigenvalue weighted by molar-refractivity contribution is -0.140. The van der Waals surface area contributed by atoms with Crippen LogP contribution in [0.2, 0.25) is 0 Å². The van der Waals surface area contributed by atoms with Crippen molar-refractivity contribution in [1.29, 1.82) is 0 Å². The summed E-state index contributed by atoms with van der Waals surface area (Å²) < 4.78 is 5.12. The summed E-state index contributed by atoms with van der Waals surface area (Å²) in [4.78, 5) is 11.5. The SMILES string of the molecule is NCCC1Cc2ccc(O)cc2OC1=O. The lowest BCUT2D eigenvalue weighted by Gasteiger charge is -2.22. The Hall–Kier alpha value is -1.55. The Kier molecular flexibility index (Phi) is 2.60. The van der Waals surface area contributed by atoms with Crippen LogP contribution < -0.4 is 10.5 Å². The van der Waals surface area contributed by atoms with Crippen LogP contribution in [0, 0.1) is 5.92 Å². The van der Waals surface area contributed by atoms with Crippen molar-refractivity contribution in [3.05, 3.63) is 23.8 Å². The molecule has 1 unspecified atom stereocenters. The number of carbonyl (C=O) groups is 1. The number of benzene rings is 1. The van der Waals surface area contributed by atoms with Crippen LogP contribution in [0.4, 0.5) is 0 Å². The van der Waals surface area contributed by atoms with Gasteiger partial charge in [0.05, 0.1) is 5.92 Å². The molecule has 0 saturated heterocycles. The first-order valence-corrected chi connectivity index (χ1v) is 4.94. The van der Waals surface area contributed by atoms with Gasteiger partial charge in [0, 0.05) is 6.07 Å². The van der Waals surface area contributed by atoms with E-state index in [1.54, 1.807) is 12.1 Å². The van der Waals surface area contributed by atoms with Crippen molar-refractivity contribution >= 4 is 5.97 Å². The van der Waals surface area contributed by atoms with Gasteiger partial charge < -0.3 is 15.6 Å². The van der Waals surface area contributed by atoms with Crippen LogP contribution in [0.5, 0.6) is 11.5 Å². The summed E-state index contributed by atoms with van der Waals surface area (Å²) in [5.41, 5.74) is 6.37. The lowest BCUT2D eigenvalue weighted by atomic mass is 9.93. The van der Waals surface area contributed by atoms with Crippen LogP contribution in [-0.4, -0.2) is 17.6 Å². The Labute approximate surface area is 87.7 Å². The van der Waals surface area contributed by atoms with Gasteiger partial charge in [0.15, 0.2) is 0 Å². The molecule has 4 nitrogen and oxygen atoms in total. The Morgan fingerprint density at radius 2 is 2.33 bits per heavy atom. The van der Waals surface area contributed by atoms with E-state index in [1.165, 1.54) is 6.07 Å². The van der Waals surface area contributed by atoms with Crippen LogP contribution in [-0.2, 0) is 11.2 Å². The molecular weight excluding hydrogens is 194 g/mol. The summed E-state index contributed by atoms with van der Waals surface area (Å²) in [6.07, 6.45) is 1.28. The highest BCUT2D eigenvalue weighted by Gasteiger charge is 2.27. The molecule has 0 amide bonds. The second kappa shape index (κ2) is 3.90. The van der Waals surface area contributed by atoms with E-state index in [2.05, 4.69) is 0 Å². The third-order valence-electron chi connectivity index (χ3n) is 2.58. The summed E-state index contributed by atoms with van der Waals surface area (Å²) in [6, 6.07) is 4.84. The third kappa shape index (κ3) is 1.94. The van der Waals surface area contributed by atoms with Crippen molar-refractivity contribution in [2.24, 2.45) is 11.7 Å². The topological polar surface area (TPSA) is 72.6 Å². The fourth-order valence-corrected chi connectivity index (χ4v) is 1.77. The number of esters is 1. The van der Waals surface area contributed by atoms with E-state index in [-0.39, 0.29) is 17.6 Å². The summed E-state index contributed by atoms with van der Waals surface area (Å²) in [5.74, 6) is 0.178. The van der Waals surface area contributed by atoms with Gasteiger partial charge >= 0.3 is 5.97 Å². The van der Waals surface area contributed by atoms with Gasteiger partial charge in [-0.25, -0.2) is 0 Å². The molecule has 3 N–H and O–H groups in total. The van der Waals surface area contributed by atoms with Crippen LogP contribution in [0.3, 0.4) is 0 Å². The highest BCUT2D eigenvalue weighted by Crippen LogP contribution is 2.31. The van der Waals surface area contributed by atoms with Gasteiger partial charge in [-0.3, -0.25) is 4.79 Å². The number of rotatable bonds is 2. The zero-order chi connectivity index (χ0) is 10.8. The smallest absolute Gasteiger partial charge is 0.314 e. The first-order valence-electron chi connectivity index (χ1n) is 4.94. The molecule has 1 aromatic carbocycles. The van der Waals surface area contributed by atoms with Crippen molar-refractivity contribution in [1.82, 2.24) is 0 Å². The predicted molar refractivity (Wildman–Crippen MR) is 54.6 cm³/mol. The van der Waals surface area contributed by atoms with Gasteiger partial charge in [-0.1, -0.05) is 6.07 Å². The van der Waals surface area contributed by atoms with Crippen molar-refractivity contribution < 1.29 is 14.6 Å². The summed E-state index contributed by atoms with van der Waals surface area (Å²) in [6.45, 7) is 0.479. The molecule has 0 fully saturated rings. The molecule has 0 spiro atoms.